The largest absolute Gasteiger partial charge is 0.465 e. The lowest BCUT2D eigenvalue weighted by Gasteiger charge is -2.10. The summed E-state index contributed by atoms with van der Waals surface area (Å²) in [6.45, 7) is 0.796. The Morgan fingerprint density at radius 2 is 1.71 bits per heavy atom. The zero-order chi connectivity index (χ0) is 11.5. The maximum absolute atomic E-state index is 12.0. The second-order valence-corrected chi connectivity index (χ2v) is 2.33. The summed E-state index contributed by atoms with van der Waals surface area (Å²) in [5.74, 6) is -2.49. The van der Waals surface area contributed by atoms with Crippen molar-refractivity contribution in [3.8, 4) is 0 Å². The van der Waals surface area contributed by atoms with Gasteiger partial charge < -0.3 is 10.5 Å². The lowest BCUT2D eigenvalue weighted by Crippen LogP contribution is -2.27. The van der Waals surface area contributed by atoms with Crippen LogP contribution in [0.2, 0.25) is 0 Å². The molecule has 0 unspecified atom stereocenters. The molecule has 14 heavy (non-hydrogen) atoms. The number of ketones is 1. The van der Waals surface area contributed by atoms with Crippen LogP contribution in [0.1, 0.15) is 6.92 Å². The SMILES string of the molecule is COC(=O)/C(C(C)=O)=C(\N)C(F)(F)F. The van der Waals surface area contributed by atoms with Gasteiger partial charge in [0.15, 0.2) is 5.78 Å². The highest BCUT2D eigenvalue weighted by atomic mass is 19.4. The molecule has 0 fully saturated rings. The van der Waals surface area contributed by atoms with Crippen LogP contribution in [0, 0.1) is 0 Å². The number of hydrogen-bond donors (Lipinski definition) is 1. The number of esters is 1. The number of methoxy groups -OCH3 is 1. The molecule has 0 spiro atoms. The fourth-order valence-corrected chi connectivity index (χ4v) is 0.687. The van der Waals surface area contributed by atoms with Crippen LogP contribution < -0.4 is 5.73 Å². The van der Waals surface area contributed by atoms with Gasteiger partial charge in [-0.05, 0) is 6.92 Å². The van der Waals surface area contributed by atoms with Gasteiger partial charge in [0.05, 0.1) is 7.11 Å². The minimum atomic E-state index is -4.92. The molecular formula is C7H8F3NO3. The molecule has 4 nitrogen and oxygen atoms in total. The first-order valence-corrected chi connectivity index (χ1v) is 3.38. The van der Waals surface area contributed by atoms with Gasteiger partial charge >= 0.3 is 12.1 Å². The summed E-state index contributed by atoms with van der Waals surface area (Å²) >= 11 is 0. The van der Waals surface area contributed by atoms with Crippen LogP contribution in [0.4, 0.5) is 13.2 Å². The Morgan fingerprint density at radius 3 is 1.93 bits per heavy atom. The number of nitrogens with two attached hydrogens (primary N) is 1. The molecule has 0 aliphatic carbocycles. The van der Waals surface area contributed by atoms with Crippen LogP contribution in [0.15, 0.2) is 11.3 Å². The van der Waals surface area contributed by atoms with Crippen LogP contribution in [-0.2, 0) is 14.3 Å². The fourth-order valence-electron chi connectivity index (χ4n) is 0.687. The monoisotopic (exact) mass is 211 g/mol. The van der Waals surface area contributed by atoms with E-state index in [0.29, 0.717) is 0 Å². The van der Waals surface area contributed by atoms with Gasteiger partial charge in [0.25, 0.3) is 0 Å². The number of hydrogen-bond acceptors (Lipinski definition) is 4. The van der Waals surface area contributed by atoms with E-state index in [2.05, 4.69) is 10.5 Å². The third kappa shape index (κ3) is 2.75. The van der Waals surface area contributed by atoms with E-state index in [1.807, 2.05) is 0 Å². The van der Waals surface area contributed by atoms with E-state index in [9.17, 15) is 22.8 Å². The van der Waals surface area contributed by atoms with E-state index >= 15 is 0 Å². The average molecular weight is 211 g/mol. The molecule has 0 bridgehead atoms. The summed E-state index contributed by atoms with van der Waals surface area (Å²) < 4.78 is 40.0. The zero-order valence-corrected chi connectivity index (χ0v) is 7.44. The summed E-state index contributed by atoms with van der Waals surface area (Å²) in [4.78, 5) is 21.5. The lowest BCUT2D eigenvalue weighted by molar-refractivity contribution is -0.139. The Hall–Kier alpha value is -1.53. The van der Waals surface area contributed by atoms with E-state index in [1.165, 1.54) is 0 Å². The van der Waals surface area contributed by atoms with E-state index in [1.54, 1.807) is 0 Å². The number of Topliss-reactive ketones (excluding diaryl/α,β-unsaturated/α-hetero) is 1. The number of allylic oxidation sites excluding steroid dienone is 1. The second-order valence-electron chi connectivity index (χ2n) is 2.33. The highest BCUT2D eigenvalue weighted by Crippen LogP contribution is 2.24. The minimum Gasteiger partial charge on any atom is -0.465 e. The quantitative estimate of drug-likeness (QED) is 0.313. The first-order chi connectivity index (χ1) is 6.21. The minimum absolute atomic E-state index is 0.796. The number of ether oxygens (including phenoxy) is 1. The molecule has 0 amide bonds. The molecule has 0 radical (unpaired) electrons. The summed E-state index contributed by atoms with van der Waals surface area (Å²) in [5.41, 5.74) is 1.69. The number of halogens is 3. The Morgan fingerprint density at radius 1 is 1.29 bits per heavy atom. The van der Waals surface area contributed by atoms with Crippen LogP contribution in [0.25, 0.3) is 0 Å². The Labute approximate surface area is 77.5 Å². The molecule has 0 aromatic carbocycles. The van der Waals surface area contributed by atoms with Gasteiger partial charge in [-0.25, -0.2) is 4.79 Å². The highest BCUT2D eigenvalue weighted by molar-refractivity contribution is 6.17. The average Bonchev–Trinajstić information content (AvgIpc) is 2.01. The fraction of sp³-hybridized carbons (Fsp3) is 0.429. The number of carbonyl (C=O) groups is 2. The van der Waals surface area contributed by atoms with Gasteiger partial charge in [0.2, 0.25) is 0 Å². The van der Waals surface area contributed by atoms with Crippen molar-refractivity contribution in [3.05, 3.63) is 11.3 Å². The maximum atomic E-state index is 12.0. The van der Waals surface area contributed by atoms with Crippen molar-refractivity contribution in [2.24, 2.45) is 5.73 Å². The third-order valence-electron chi connectivity index (χ3n) is 1.32. The highest BCUT2D eigenvalue weighted by Gasteiger charge is 2.38. The summed E-state index contributed by atoms with van der Waals surface area (Å²) in [6.07, 6.45) is -4.92. The van der Waals surface area contributed by atoms with Gasteiger partial charge in [0, 0.05) is 0 Å². The number of carbonyl (C=O) groups excluding carboxylic acids is 2. The molecule has 0 aromatic heterocycles. The van der Waals surface area contributed by atoms with Crippen molar-refractivity contribution in [2.45, 2.75) is 13.1 Å². The maximum Gasteiger partial charge on any atom is 0.431 e. The van der Waals surface area contributed by atoms with Crippen LogP contribution in [0.5, 0.6) is 0 Å². The standard InChI is InChI=1S/C7H8F3NO3/c1-3(12)4(6(13)14-2)5(11)7(8,9)10/h11H2,1-2H3/b5-4-. The van der Waals surface area contributed by atoms with E-state index in [-0.39, 0.29) is 0 Å². The lowest BCUT2D eigenvalue weighted by atomic mass is 10.1. The van der Waals surface area contributed by atoms with Crippen molar-refractivity contribution in [1.29, 1.82) is 0 Å². The molecule has 0 rings (SSSR count). The molecule has 7 heteroatoms. The van der Waals surface area contributed by atoms with Gasteiger partial charge in [-0.3, -0.25) is 4.79 Å². The zero-order valence-electron chi connectivity index (χ0n) is 7.44. The van der Waals surface area contributed by atoms with E-state index in [4.69, 9.17) is 0 Å². The molecular weight excluding hydrogens is 203 g/mol. The Bertz CT molecular complexity index is 293. The topological polar surface area (TPSA) is 69.4 Å². The van der Waals surface area contributed by atoms with Crippen LogP contribution in [0.3, 0.4) is 0 Å². The van der Waals surface area contributed by atoms with Gasteiger partial charge in [0.1, 0.15) is 11.3 Å². The van der Waals surface area contributed by atoms with Crippen molar-refractivity contribution in [3.63, 3.8) is 0 Å². The van der Waals surface area contributed by atoms with Gasteiger partial charge in [-0.1, -0.05) is 0 Å². The van der Waals surface area contributed by atoms with Crippen molar-refractivity contribution in [1.82, 2.24) is 0 Å². The van der Waals surface area contributed by atoms with Crippen molar-refractivity contribution >= 4 is 11.8 Å². The molecule has 0 heterocycles. The third-order valence-corrected chi connectivity index (χ3v) is 1.32. The van der Waals surface area contributed by atoms with Crippen LogP contribution >= 0.6 is 0 Å². The summed E-state index contributed by atoms with van der Waals surface area (Å²) in [5, 5.41) is 0. The predicted molar refractivity (Wildman–Crippen MR) is 40.0 cm³/mol. The molecule has 80 valence electrons. The van der Waals surface area contributed by atoms with Gasteiger partial charge in [-0.2, -0.15) is 13.2 Å². The predicted octanol–water partition coefficient (Wildman–Crippen LogP) is 0.524. The number of alkyl halides is 3. The molecule has 0 atom stereocenters. The number of rotatable bonds is 2. The first-order valence-electron chi connectivity index (χ1n) is 3.38. The molecule has 0 aromatic rings. The second kappa shape index (κ2) is 4.12. The normalized spacial score (nSPS) is 13.2. The molecule has 2 N–H and O–H groups in total. The van der Waals surface area contributed by atoms with E-state index in [0.717, 1.165) is 14.0 Å². The smallest absolute Gasteiger partial charge is 0.431 e. The summed E-state index contributed by atoms with van der Waals surface area (Å²) in [7, 11) is 0.856. The van der Waals surface area contributed by atoms with Crippen molar-refractivity contribution in [2.75, 3.05) is 7.11 Å². The Balaban J connectivity index is 5.39. The molecule has 0 saturated heterocycles. The summed E-state index contributed by atoms with van der Waals surface area (Å²) in [6, 6.07) is 0. The van der Waals surface area contributed by atoms with E-state index < -0.39 is 29.2 Å². The molecule has 0 aliphatic heterocycles. The first kappa shape index (κ1) is 12.5. The Kier molecular flexibility index (Phi) is 3.67. The van der Waals surface area contributed by atoms with Crippen molar-refractivity contribution < 1.29 is 27.5 Å². The van der Waals surface area contributed by atoms with Gasteiger partial charge in [-0.15, -0.1) is 0 Å². The van der Waals surface area contributed by atoms with Crippen LogP contribution in [-0.4, -0.2) is 25.0 Å². The molecule has 0 aliphatic rings. The molecule has 0 saturated carbocycles.